The van der Waals surface area contributed by atoms with E-state index in [-0.39, 0.29) is 5.91 Å². The number of nitrogens with one attached hydrogen (secondary N) is 3. The van der Waals surface area contributed by atoms with Crippen molar-refractivity contribution < 1.29 is 14.3 Å². The molecule has 0 bridgehead atoms. The third kappa shape index (κ3) is 8.46. The number of hydrogen-bond donors (Lipinski definition) is 4. The zero-order valence-corrected chi connectivity index (χ0v) is 36.3. The molecule has 0 fully saturated rings. The maximum Gasteiger partial charge on any atom is 0.222 e. The fourth-order valence-corrected chi connectivity index (χ4v) is 7.72. The van der Waals surface area contributed by atoms with E-state index < -0.39 is 0 Å². The van der Waals surface area contributed by atoms with Gasteiger partial charge in [0.25, 0.3) is 0 Å². The molecule has 0 aliphatic carbocycles. The lowest BCUT2D eigenvalue weighted by molar-refractivity contribution is -0.114. The number of methoxy groups -OCH3 is 2. The van der Waals surface area contributed by atoms with Crippen LogP contribution in [0.25, 0.3) is 56.1 Å². The number of hydrogen-bond acceptors (Lipinski definition) is 12. The van der Waals surface area contributed by atoms with Crippen LogP contribution in [0.15, 0.2) is 85.5 Å². The van der Waals surface area contributed by atoms with Gasteiger partial charge in [-0.25, -0.2) is 39.9 Å². The number of anilines is 2. The third-order valence-electron chi connectivity index (χ3n) is 9.73. The highest BCUT2D eigenvalue weighted by atomic mass is 35.5. The van der Waals surface area contributed by atoms with E-state index in [1.807, 2.05) is 57.6 Å². The van der Waals surface area contributed by atoms with E-state index in [4.69, 9.17) is 66.6 Å². The summed E-state index contributed by atoms with van der Waals surface area (Å²) in [6.07, 6.45) is 7.96. The second-order valence-electron chi connectivity index (χ2n) is 14.0. The highest BCUT2D eigenvalue weighted by molar-refractivity contribution is 6.34. The van der Waals surface area contributed by atoms with Crippen LogP contribution in [0, 0.1) is 0 Å². The van der Waals surface area contributed by atoms with E-state index in [0.29, 0.717) is 96.1 Å². The van der Waals surface area contributed by atoms with Gasteiger partial charge < -0.3 is 30.5 Å². The van der Waals surface area contributed by atoms with Crippen LogP contribution in [-0.4, -0.2) is 78.8 Å². The number of carbonyl (C=O) groups excluding carboxylic acids is 1. The fraction of sp³-hybridized carbons (Fsp3) is 0.119. The van der Waals surface area contributed by atoms with Crippen LogP contribution < -0.4 is 20.5 Å². The van der Waals surface area contributed by atoms with Gasteiger partial charge in [0, 0.05) is 43.3 Å². The smallest absolute Gasteiger partial charge is 0.222 e. The molecule has 21 heteroatoms. The molecule has 0 spiro atoms. The van der Waals surface area contributed by atoms with Crippen LogP contribution >= 0.6 is 46.4 Å². The molecule has 8 aromatic heterocycles. The van der Waals surface area contributed by atoms with E-state index in [1.165, 1.54) is 6.92 Å². The molecule has 0 saturated carbocycles. The van der Waals surface area contributed by atoms with Gasteiger partial charge in [-0.1, -0.05) is 46.4 Å². The topological polar surface area (TPSA) is 217 Å². The van der Waals surface area contributed by atoms with Gasteiger partial charge in [0.15, 0.2) is 34.2 Å². The van der Waals surface area contributed by atoms with Crippen molar-refractivity contribution in [2.24, 2.45) is 0 Å². The lowest BCUT2D eigenvalue weighted by Gasteiger charge is -2.11. The Labute approximate surface area is 376 Å². The summed E-state index contributed by atoms with van der Waals surface area (Å²) in [5, 5.41) is 4.54. The number of nitrogens with zero attached hydrogens (tertiary/aromatic N) is 10. The maximum absolute atomic E-state index is 11.7. The van der Waals surface area contributed by atoms with Crippen molar-refractivity contribution >= 4 is 97.6 Å². The minimum Gasteiger partial charge on any atom is -0.497 e. The molecule has 2 aromatic carbocycles. The number of benzene rings is 2. The Hall–Kier alpha value is -7.05. The first-order chi connectivity index (χ1) is 30.4. The average molecular weight is 923 g/mol. The molecule has 0 unspecified atom stereocenters. The van der Waals surface area contributed by atoms with Crippen LogP contribution in [0.5, 0.6) is 11.5 Å². The Kier molecular flexibility index (Phi) is 11.2. The summed E-state index contributed by atoms with van der Waals surface area (Å²) in [5.41, 5.74) is 14.3. The van der Waals surface area contributed by atoms with E-state index >= 15 is 0 Å². The van der Waals surface area contributed by atoms with Crippen LogP contribution in [0.2, 0.25) is 20.4 Å². The minimum atomic E-state index is -0.246. The van der Waals surface area contributed by atoms with Crippen LogP contribution in [0.3, 0.4) is 0 Å². The van der Waals surface area contributed by atoms with E-state index in [2.05, 4.69) is 50.2 Å². The van der Waals surface area contributed by atoms with Crippen molar-refractivity contribution in [3.63, 3.8) is 0 Å². The zero-order chi connectivity index (χ0) is 43.9. The predicted molar refractivity (Wildman–Crippen MR) is 242 cm³/mol. The molecule has 8 heterocycles. The first-order valence-electron chi connectivity index (χ1n) is 18.9. The second-order valence-corrected chi connectivity index (χ2v) is 15.6. The molecule has 17 nitrogen and oxygen atoms in total. The SMILES string of the molecule is COc1ccc(-c2cnc(N)c3nc(Cc4nc5nc(Cl)ccc5[nH]4)cn23)c(Cl)c1.COc1ccc(-c2cnc(NC(C)=O)c3nc(Cc4nc5nc(Cl)ccc5[nH]4)cn23)c(Cl)c1. The van der Waals surface area contributed by atoms with Crippen LogP contribution in [0.4, 0.5) is 11.6 Å². The fourth-order valence-electron chi connectivity index (χ4n) is 6.90. The predicted octanol–water partition coefficient (Wildman–Crippen LogP) is 8.69. The summed E-state index contributed by atoms with van der Waals surface area (Å²) < 4.78 is 14.2. The maximum atomic E-state index is 11.7. The molecule has 0 atom stereocenters. The molecule has 0 aliphatic heterocycles. The van der Waals surface area contributed by atoms with E-state index in [1.54, 1.807) is 50.9 Å². The number of H-pyrrole nitrogens is 2. The minimum absolute atomic E-state index is 0.246. The van der Waals surface area contributed by atoms with Gasteiger partial charge in [-0.3, -0.25) is 13.6 Å². The molecule has 10 aromatic rings. The quantitative estimate of drug-likeness (QED) is 0.100. The number of aromatic nitrogens is 12. The Morgan fingerprint density at radius 2 is 1.16 bits per heavy atom. The number of fused-ring (bicyclic) bond motifs is 4. The molecule has 316 valence electrons. The Morgan fingerprint density at radius 3 is 1.65 bits per heavy atom. The van der Waals surface area contributed by atoms with Gasteiger partial charge in [-0.05, 0) is 60.7 Å². The number of imidazole rings is 4. The number of nitrogen functional groups attached to an aromatic ring is 1. The molecular weight excluding hydrogens is 890 g/mol. The summed E-state index contributed by atoms with van der Waals surface area (Å²) >= 11 is 24.9. The number of nitrogens with two attached hydrogens (primary N) is 1. The van der Waals surface area contributed by atoms with Crippen molar-refractivity contribution in [2.45, 2.75) is 19.8 Å². The van der Waals surface area contributed by atoms with Gasteiger partial charge in [0.2, 0.25) is 5.91 Å². The lowest BCUT2D eigenvalue weighted by Crippen LogP contribution is -2.09. The van der Waals surface area contributed by atoms with E-state index in [0.717, 1.165) is 39.4 Å². The molecule has 0 aliphatic rings. The van der Waals surface area contributed by atoms with Gasteiger partial charge in [0.1, 0.15) is 33.5 Å². The molecule has 0 radical (unpaired) electrons. The number of aromatic amines is 2. The summed E-state index contributed by atoms with van der Waals surface area (Å²) in [5.74, 6) is 3.15. The summed E-state index contributed by atoms with van der Waals surface area (Å²) in [4.78, 5) is 53.7. The zero-order valence-electron chi connectivity index (χ0n) is 33.3. The number of halogens is 4. The van der Waals surface area contributed by atoms with Crippen molar-refractivity contribution in [3.8, 4) is 34.0 Å². The lowest BCUT2D eigenvalue weighted by atomic mass is 10.1. The molecule has 5 N–H and O–H groups in total. The van der Waals surface area contributed by atoms with Gasteiger partial charge >= 0.3 is 0 Å². The Morgan fingerprint density at radius 1 is 0.667 bits per heavy atom. The normalized spacial score (nSPS) is 11.3. The first-order valence-corrected chi connectivity index (χ1v) is 20.4. The molecular formula is C42H32Cl4N14O3. The standard InChI is InChI=1S/C22H17Cl2N7O2.C20H15Cl2N7O/c1-11(32)26-21-22-27-12(7-19-28-16-5-6-18(24)29-20(16)30-19)10-31(22)17(9-25-21)14-4-3-13(33-2)8-15(14)23;1-30-11-2-3-12(13(21)7-11)15-8-24-18(23)20-25-10(9-29(15)20)6-17-26-14-4-5-16(22)27-19(14)28-17/h3-6,8-10H,7H2,1-2H3,(H,25,26,32)(H,28,29,30);2-5,7-9H,6H2,1H3,(H2,23,24)(H,26,27,28). The number of pyridine rings is 2. The molecule has 0 saturated heterocycles. The van der Waals surface area contributed by atoms with Gasteiger partial charge in [-0.15, -0.1) is 0 Å². The van der Waals surface area contributed by atoms with Crippen molar-refractivity contribution in [1.82, 2.24) is 58.6 Å². The van der Waals surface area contributed by atoms with Crippen molar-refractivity contribution in [2.75, 3.05) is 25.3 Å². The summed E-state index contributed by atoms with van der Waals surface area (Å²) in [7, 11) is 3.18. The molecule has 1 amide bonds. The van der Waals surface area contributed by atoms with Crippen molar-refractivity contribution in [1.29, 1.82) is 0 Å². The molecule has 10 rings (SSSR count). The van der Waals surface area contributed by atoms with Crippen LogP contribution in [-0.2, 0) is 17.6 Å². The highest BCUT2D eigenvalue weighted by Crippen LogP contribution is 2.34. The Balaban J connectivity index is 0.000000161. The number of amides is 1. The summed E-state index contributed by atoms with van der Waals surface area (Å²) in [6, 6.07) is 18.0. The number of ether oxygens (including phenoxy) is 2. The highest BCUT2D eigenvalue weighted by Gasteiger charge is 2.19. The monoisotopic (exact) mass is 920 g/mol. The van der Waals surface area contributed by atoms with Crippen molar-refractivity contribution in [3.05, 3.63) is 129 Å². The van der Waals surface area contributed by atoms with Gasteiger partial charge in [-0.2, -0.15) is 0 Å². The van der Waals surface area contributed by atoms with Gasteiger partial charge in [0.05, 0.1) is 70.5 Å². The largest absolute Gasteiger partial charge is 0.497 e. The van der Waals surface area contributed by atoms with E-state index in [9.17, 15) is 4.79 Å². The Bertz CT molecular complexity index is 3380. The number of rotatable bonds is 9. The number of carbonyl (C=O) groups is 1. The second kappa shape index (κ2) is 17.0. The van der Waals surface area contributed by atoms with Crippen LogP contribution in [0.1, 0.15) is 30.0 Å². The third-order valence-corrected chi connectivity index (χ3v) is 10.8. The summed E-state index contributed by atoms with van der Waals surface area (Å²) in [6.45, 7) is 1.42. The first kappa shape index (κ1) is 41.3. The average Bonchev–Trinajstić information content (AvgIpc) is 4.06. The molecule has 63 heavy (non-hydrogen) atoms.